The first-order chi connectivity index (χ1) is 16.8. The minimum Gasteiger partial charge on any atom is -0.352 e. The minimum absolute atomic E-state index is 0.0874. The van der Waals surface area contributed by atoms with Crippen LogP contribution < -0.4 is 14.9 Å². The lowest BCUT2D eigenvalue weighted by Gasteiger charge is -2.26. The van der Waals surface area contributed by atoms with Gasteiger partial charge in [0.1, 0.15) is 6.54 Å². The molecule has 0 atom stereocenters. The lowest BCUT2D eigenvalue weighted by atomic mass is 10.1. The van der Waals surface area contributed by atoms with Gasteiger partial charge in [0.2, 0.25) is 5.91 Å². The second kappa shape index (κ2) is 11.7. The zero-order valence-electron chi connectivity index (χ0n) is 20.2. The van der Waals surface area contributed by atoms with Crippen molar-refractivity contribution in [1.29, 1.82) is 0 Å². The molecule has 0 saturated carbocycles. The summed E-state index contributed by atoms with van der Waals surface area (Å²) >= 11 is 0. The van der Waals surface area contributed by atoms with Crippen molar-refractivity contribution in [3.63, 3.8) is 0 Å². The molecule has 3 aromatic rings. The smallest absolute Gasteiger partial charge is 0.264 e. The van der Waals surface area contributed by atoms with Crippen LogP contribution in [0.25, 0.3) is 0 Å². The first kappa shape index (κ1) is 26.0. The van der Waals surface area contributed by atoms with Gasteiger partial charge in [0.15, 0.2) is 0 Å². The van der Waals surface area contributed by atoms with Crippen LogP contribution in [0.4, 0.5) is 11.4 Å². The van der Waals surface area contributed by atoms with Crippen LogP contribution in [-0.2, 0) is 14.8 Å². The minimum atomic E-state index is -4.03. The summed E-state index contributed by atoms with van der Waals surface area (Å²) in [4.78, 5) is 25.9. The third-order valence-corrected chi connectivity index (χ3v) is 7.50. The van der Waals surface area contributed by atoms with E-state index in [4.69, 9.17) is 0 Å². The molecule has 0 aromatic heterocycles. The molecule has 0 saturated heterocycles. The molecule has 0 radical (unpaired) electrons. The Morgan fingerprint density at radius 3 is 2.29 bits per heavy atom. The van der Waals surface area contributed by atoms with Crippen LogP contribution in [0.2, 0.25) is 0 Å². The molecule has 35 heavy (non-hydrogen) atoms. The van der Waals surface area contributed by atoms with Crippen LogP contribution in [0.5, 0.6) is 0 Å². The molecule has 0 aliphatic rings. The van der Waals surface area contributed by atoms with Crippen LogP contribution >= 0.6 is 0 Å². The molecular weight excluding hydrogens is 462 g/mol. The van der Waals surface area contributed by atoms with E-state index in [1.54, 1.807) is 54.6 Å². The van der Waals surface area contributed by atoms with E-state index < -0.39 is 22.5 Å². The van der Waals surface area contributed by atoms with Gasteiger partial charge in [0, 0.05) is 6.54 Å². The second-order valence-electron chi connectivity index (χ2n) is 8.25. The van der Waals surface area contributed by atoms with Gasteiger partial charge in [-0.1, -0.05) is 55.8 Å². The van der Waals surface area contributed by atoms with E-state index in [0.717, 1.165) is 28.3 Å². The number of rotatable bonds is 10. The van der Waals surface area contributed by atoms with Gasteiger partial charge in [-0.3, -0.25) is 13.9 Å². The number of para-hydroxylation sites is 1. The third-order valence-electron chi connectivity index (χ3n) is 5.72. The topological polar surface area (TPSA) is 95.6 Å². The molecule has 0 aliphatic heterocycles. The first-order valence-corrected chi connectivity index (χ1v) is 13.0. The Labute approximate surface area is 207 Å². The highest BCUT2D eigenvalue weighted by Crippen LogP contribution is 2.28. The van der Waals surface area contributed by atoms with Gasteiger partial charge in [-0.15, -0.1) is 0 Å². The molecule has 7 nitrogen and oxygen atoms in total. The average molecular weight is 494 g/mol. The van der Waals surface area contributed by atoms with Gasteiger partial charge in [0.05, 0.1) is 21.8 Å². The van der Waals surface area contributed by atoms with Crippen molar-refractivity contribution in [3.05, 3.63) is 89.5 Å². The molecule has 8 heteroatoms. The SMILES string of the molecule is CCCCNC(=O)c1ccccc1NC(=O)CN(c1cccc(C)c1C)S(=O)(=O)c1ccccc1. The largest absolute Gasteiger partial charge is 0.352 e. The van der Waals surface area contributed by atoms with Gasteiger partial charge in [-0.05, 0) is 61.7 Å². The number of amides is 2. The van der Waals surface area contributed by atoms with Crippen molar-refractivity contribution in [2.45, 2.75) is 38.5 Å². The molecule has 3 aromatic carbocycles. The molecule has 0 bridgehead atoms. The normalized spacial score (nSPS) is 11.1. The molecule has 0 unspecified atom stereocenters. The van der Waals surface area contributed by atoms with E-state index in [0.29, 0.717) is 23.5 Å². The van der Waals surface area contributed by atoms with Gasteiger partial charge in [-0.2, -0.15) is 0 Å². The van der Waals surface area contributed by atoms with Crippen molar-refractivity contribution in [2.24, 2.45) is 0 Å². The van der Waals surface area contributed by atoms with Crippen LogP contribution in [0, 0.1) is 13.8 Å². The number of hydrogen-bond donors (Lipinski definition) is 2. The molecule has 2 N–H and O–H groups in total. The molecule has 184 valence electrons. The van der Waals surface area contributed by atoms with Gasteiger partial charge >= 0.3 is 0 Å². The van der Waals surface area contributed by atoms with Crippen LogP contribution in [0.15, 0.2) is 77.7 Å². The number of nitrogens with one attached hydrogen (secondary N) is 2. The monoisotopic (exact) mass is 493 g/mol. The quantitative estimate of drug-likeness (QED) is 0.401. The second-order valence-corrected chi connectivity index (χ2v) is 10.1. The molecular formula is C27H31N3O4S. The third kappa shape index (κ3) is 6.27. The highest BCUT2D eigenvalue weighted by molar-refractivity contribution is 7.92. The summed E-state index contributed by atoms with van der Waals surface area (Å²) in [6.07, 6.45) is 1.80. The van der Waals surface area contributed by atoms with E-state index >= 15 is 0 Å². The molecule has 0 fully saturated rings. The zero-order chi connectivity index (χ0) is 25.4. The standard InChI is InChI=1S/C27H31N3O4S/c1-4-5-18-28-27(32)23-15-9-10-16-24(23)29-26(31)19-30(25-17-11-12-20(2)21(25)3)35(33,34)22-13-7-6-8-14-22/h6-17H,4-5,18-19H2,1-3H3,(H,28,32)(H,29,31). The first-order valence-electron chi connectivity index (χ1n) is 11.6. The number of anilines is 2. The van der Waals surface area contributed by atoms with E-state index in [2.05, 4.69) is 10.6 Å². The fourth-order valence-electron chi connectivity index (χ4n) is 3.61. The van der Waals surface area contributed by atoms with E-state index in [9.17, 15) is 18.0 Å². The fraction of sp³-hybridized carbons (Fsp3) is 0.259. The molecule has 2 amide bonds. The lowest BCUT2D eigenvalue weighted by molar-refractivity contribution is -0.114. The molecule has 0 spiro atoms. The van der Waals surface area contributed by atoms with Crippen molar-refractivity contribution >= 4 is 33.2 Å². The maximum atomic E-state index is 13.6. The molecule has 3 rings (SSSR count). The average Bonchev–Trinajstić information content (AvgIpc) is 2.85. The number of sulfonamides is 1. The molecule has 0 heterocycles. The fourth-order valence-corrected chi connectivity index (χ4v) is 5.11. The van der Waals surface area contributed by atoms with E-state index in [1.165, 1.54) is 12.1 Å². The van der Waals surface area contributed by atoms with Crippen molar-refractivity contribution < 1.29 is 18.0 Å². The summed E-state index contributed by atoms with van der Waals surface area (Å²) in [6.45, 7) is 5.83. The van der Waals surface area contributed by atoms with Crippen molar-refractivity contribution in [1.82, 2.24) is 5.32 Å². The van der Waals surface area contributed by atoms with Gasteiger partial charge < -0.3 is 10.6 Å². The highest BCUT2D eigenvalue weighted by Gasteiger charge is 2.29. The Morgan fingerprint density at radius 2 is 1.57 bits per heavy atom. The maximum Gasteiger partial charge on any atom is 0.264 e. The van der Waals surface area contributed by atoms with Crippen molar-refractivity contribution in [3.8, 4) is 0 Å². The number of carbonyl (C=O) groups is 2. The van der Waals surface area contributed by atoms with E-state index in [-0.39, 0.29) is 10.8 Å². The number of benzene rings is 3. The Kier molecular flexibility index (Phi) is 8.65. The van der Waals surface area contributed by atoms with Crippen LogP contribution in [-0.4, -0.2) is 33.3 Å². The Hall–Kier alpha value is -3.65. The summed E-state index contributed by atoms with van der Waals surface area (Å²) in [7, 11) is -4.03. The summed E-state index contributed by atoms with van der Waals surface area (Å²) in [5, 5.41) is 5.58. The molecule has 0 aliphatic carbocycles. The number of nitrogens with zero attached hydrogens (tertiary/aromatic N) is 1. The van der Waals surface area contributed by atoms with Crippen LogP contribution in [0.1, 0.15) is 41.3 Å². The Morgan fingerprint density at radius 1 is 0.886 bits per heavy atom. The van der Waals surface area contributed by atoms with Crippen LogP contribution in [0.3, 0.4) is 0 Å². The number of unbranched alkanes of at least 4 members (excludes halogenated alkanes) is 1. The van der Waals surface area contributed by atoms with Gasteiger partial charge in [-0.25, -0.2) is 8.42 Å². The summed E-state index contributed by atoms with van der Waals surface area (Å²) < 4.78 is 28.3. The highest BCUT2D eigenvalue weighted by atomic mass is 32.2. The lowest BCUT2D eigenvalue weighted by Crippen LogP contribution is -2.39. The number of carbonyl (C=O) groups excluding carboxylic acids is 2. The maximum absolute atomic E-state index is 13.6. The Bertz CT molecular complexity index is 1290. The predicted octanol–water partition coefficient (Wildman–Crippen LogP) is 4.67. The number of aryl methyl sites for hydroxylation is 1. The Balaban J connectivity index is 1.92. The zero-order valence-corrected chi connectivity index (χ0v) is 21.1. The van der Waals surface area contributed by atoms with Crippen molar-refractivity contribution in [2.75, 3.05) is 22.7 Å². The predicted molar refractivity (Wildman–Crippen MR) is 139 cm³/mol. The van der Waals surface area contributed by atoms with Gasteiger partial charge in [0.25, 0.3) is 15.9 Å². The summed E-state index contributed by atoms with van der Waals surface area (Å²) in [5.41, 5.74) is 2.74. The number of hydrogen-bond acceptors (Lipinski definition) is 4. The summed E-state index contributed by atoms with van der Waals surface area (Å²) in [6, 6.07) is 20.0. The summed E-state index contributed by atoms with van der Waals surface area (Å²) in [5.74, 6) is -0.850. The van der Waals surface area contributed by atoms with E-state index in [1.807, 2.05) is 26.8 Å².